The number of hydrogen-bond donors (Lipinski definition) is 1. The van der Waals surface area contributed by atoms with E-state index in [1.807, 2.05) is 74.5 Å². The van der Waals surface area contributed by atoms with Crippen molar-refractivity contribution in [2.45, 2.75) is 37.2 Å². The summed E-state index contributed by atoms with van der Waals surface area (Å²) >= 11 is 0. The first kappa shape index (κ1) is 25.2. The van der Waals surface area contributed by atoms with E-state index in [1.54, 1.807) is 54.6 Å². The van der Waals surface area contributed by atoms with Crippen molar-refractivity contribution in [2.75, 3.05) is 4.31 Å². The summed E-state index contributed by atoms with van der Waals surface area (Å²) in [6, 6.07) is 34.5. The second-order valence-corrected chi connectivity index (χ2v) is 11.2. The number of amides is 1. The van der Waals surface area contributed by atoms with E-state index in [-0.39, 0.29) is 17.3 Å². The Labute approximate surface area is 213 Å². The number of anilines is 1. The average Bonchev–Trinajstić information content (AvgIpc) is 2.88. The second kappa shape index (κ2) is 10.8. The highest BCUT2D eigenvalue weighted by atomic mass is 32.2. The standard InChI is InChI=1S/C30H30N2O3S/c1-30(2,22-24-14-6-3-7-15-24)31-29(33)27-20-12-13-21-28(27)32(23-25-16-8-4-9-17-25)36(34,35)26-18-10-5-11-19-26/h3-21H,22-23H2,1-2H3,(H,31,33). The maximum Gasteiger partial charge on any atom is 0.264 e. The molecule has 0 aromatic heterocycles. The molecule has 1 amide bonds. The van der Waals surface area contributed by atoms with E-state index in [9.17, 15) is 13.2 Å². The number of benzene rings is 4. The molecule has 36 heavy (non-hydrogen) atoms. The van der Waals surface area contributed by atoms with E-state index in [2.05, 4.69) is 5.32 Å². The predicted octanol–water partition coefficient (Wildman–Crippen LogP) is 5.83. The molecule has 0 saturated heterocycles. The zero-order valence-electron chi connectivity index (χ0n) is 20.5. The Morgan fingerprint density at radius 3 is 1.83 bits per heavy atom. The van der Waals surface area contributed by atoms with Gasteiger partial charge in [0.25, 0.3) is 15.9 Å². The van der Waals surface area contributed by atoms with Gasteiger partial charge in [0, 0.05) is 5.54 Å². The van der Waals surface area contributed by atoms with E-state index in [4.69, 9.17) is 0 Å². The maximum atomic E-state index is 13.8. The third kappa shape index (κ3) is 6.01. The third-order valence-corrected chi connectivity index (χ3v) is 7.63. The van der Waals surface area contributed by atoms with Crippen LogP contribution in [0.15, 0.2) is 120 Å². The van der Waals surface area contributed by atoms with Gasteiger partial charge in [-0.05, 0) is 55.7 Å². The van der Waals surface area contributed by atoms with Gasteiger partial charge in [-0.3, -0.25) is 9.10 Å². The third-order valence-electron chi connectivity index (χ3n) is 5.86. The summed E-state index contributed by atoms with van der Waals surface area (Å²) in [6.45, 7) is 4.02. The Kier molecular flexibility index (Phi) is 7.55. The quantitative estimate of drug-likeness (QED) is 0.316. The number of rotatable bonds is 9. The summed E-state index contributed by atoms with van der Waals surface area (Å²) in [6.07, 6.45) is 0.637. The molecule has 4 aromatic carbocycles. The fourth-order valence-corrected chi connectivity index (χ4v) is 5.67. The van der Waals surface area contributed by atoms with Gasteiger partial charge in [0.1, 0.15) is 0 Å². The molecule has 0 saturated carbocycles. The first-order chi connectivity index (χ1) is 17.3. The normalized spacial score (nSPS) is 11.6. The minimum Gasteiger partial charge on any atom is -0.347 e. The molecular weight excluding hydrogens is 468 g/mol. The topological polar surface area (TPSA) is 66.5 Å². The predicted molar refractivity (Wildman–Crippen MR) is 144 cm³/mol. The van der Waals surface area contributed by atoms with Crippen molar-refractivity contribution in [3.05, 3.63) is 132 Å². The molecule has 0 spiro atoms. The van der Waals surface area contributed by atoms with Crippen molar-refractivity contribution in [3.63, 3.8) is 0 Å². The van der Waals surface area contributed by atoms with Gasteiger partial charge in [-0.25, -0.2) is 8.42 Å². The molecule has 0 unspecified atom stereocenters. The van der Waals surface area contributed by atoms with Gasteiger partial charge in [0.2, 0.25) is 0 Å². The van der Waals surface area contributed by atoms with Crippen LogP contribution < -0.4 is 9.62 Å². The number of hydrogen-bond acceptors (Lipinski definition) is 3. The van der Waals surface area contributed by atoms with E-state index in [0.29, 0.717) is 17.7 Å². The molecule has 5 nitrogen and oxygen atoms in total. The van der Waals surface area contributed by atoms with Crippen LogP contribution in [0.3, 0.4) is 0 Å². The highest BCUT2D eigenvalue weighted by Gasteiger charge is 2.30. The molecule has 0 aliphatic carbocycles. The monoisotopic (exact) mass is 498 g/mol. The SMILES string of the molecule is CC(C)(Cc1ccccc1)NC(=O)c1ccccc1N(Cc1ccccc1)S(=O)(=O)c1ccccc1. The fourth-order valence-electron chi connectivity index (χ4n) is 4.18. The number of nitrogens with zero attached hydrogens (tertiary/aromatic N) is 1. The molecule has 0 radical (unpaired) electrons. The van der Waals surface area contributed by atoms with Crippen LogP contribution in [0.25, 0.3) is 0 Å². The van der Waals surface area contributed by atoms with Gasteiger partial charge < -0.3 is 5.32 Å². The van der Waals surface area contributed by atoms with Crippen molar-refractivity contribution >= 4 is 21.6 Å². The van der Waals surface area contributed by atoms with Crippen LogP contribution >= 0.6 is 0 Å². The minimum atomic E-state index is -3.95. The summed E-state index contributed by atoms with van der Waals surface area (Å²) in [7, 11) is -3.95. The Morgan fingerprint density at radius 1 is 0.722 bits per heavy atom. The van der Waals surface area contributed by atoms with Crippen LogP contribution in [0.1, 0.15) is 35.3 Å². The molecule has 6 heteroatoms. The summed E-state index contributed by atoms with van der Waals surface area (Å²) < 4.78 is 29.0. The lowest BCUT2D eigenvalue weighted by atomic mass is 9.94. The van der Waals surface area contributed by atoms with Crippen molar-refractivity contribution in [3.8, 4) is 0 Å². The molecule has 184 valence electrons. The lowest BCUT2D eigenvalue weighted by Crippen LogP contribution is -2.45. The molecule has 1 N–H and O–H groups in total. The summed E-state index contributed by atoms with van der Waals surface area (Å²) in [5.41, 5.74) is 2.01. The van der Waals surface area contributed by atoms with Crippen molar-refractivity contribution in [2.24, 2.45) is 0 Å². The van der Waals surface area contributed by atoms with E-state index < -0.39 is 15.6 Å². The Balaban J connectivity index is 1.71. The summed E-state index contributed by atoms with van der Waals surface area (Å²) in [4.78, 5) is 13.7. The first-order valence-corrected chi connectivity index (χ1v) is 13.3. The number of carbonyl (C=O) groups is 1. The molecule has 0 atom stereocenters. The molecular formula is C30H30N2O3S. The second-order valence-electron chi connectivity index (χ2n) is 9.33. The van der Waals surface area contributed by atoms with Gasteiger partial charge >= 0.3 is 0 Å². The van der Waals surface area contributed by atoms with Crippen LogP contribution in [-0.2, 0) is 23.0 Å². The summed E-state index contributed by atoms with van der Waals surface area (Å²) in [5, 5.41) is 3.11. The average molecular weight is 499 g/mol. The van der Waals surface area contributed by atoms with Crippen LogP contribution in [0.5, 0.6) is 0 Å². The lowest BCUT2D eigenvalue weighted by molar-refractivity contribution is 0.0913. The largest absolute Gasteiger partial charge is 0.347 e. The number of sulfonamides is 1. The molecule has 0 bridgehead atoms. The highest BCUT2D eigenvalue weighted by Crippen LogP contribution is 2.29. The molecule has 4 rings (SSSR count). The van der Waals surface area contributed by atoms with Crippen molar-refractivity contribution < 1.29 is 13.2 Å². The van der Waals surface area contributed by atoms with Crippen LogP contribution in [0, 0.1) is 0 Å². The summed E-state index contributed by atoms with van der Waals surface area (Å²) in [5.74, 6) is -0.326. The molecule has 0 fully saturated rings. The Morgan fingerprint density at radius 2 is 1.22 bits per heavy atom. The zero-order chi connectivity index (χ0) is 25.6. The molecule has 4 aromatic rings. The van der Waals surface area contributed by atoms with Crippen molar-refractivity contribution in [1.82, 2.24) is 5.32 Å². The number of para-hydroxylation sites is 1. The Bertz CT molecular complexity index is 1400. The zero-order valence-corrected chi connectivity index (χ0v) is 21.3. The lowest BCUT2D eigenvalue weighted by Gasteiger charge is -2.29. The van der Waals surface area contributed by atoms with E-state index in [0.717, 1.165) is 11.1 Å². The van der Waals surface area contributed by atoms with Gasteiger partial charge in [-0.1, -0.05) is 91.0 Å². The van der Waals surface area contributed by atoms with Gasteiger partial charge in [-0.2, -0.15) is 0 Å². The Hall–Kier alpha value is -3.90. The number of nitrogens with one attached hydrogen (secondary N) is 1. The van der Waals surface area contributed by atoms with E-state index >= 15 is 0 Å². The first-order valence-electron chi connectivity index (χ1n) is 11.8. The van der Waals surface area contributed by atoms with E-state index in [1.165, 1.54) is 4.31 Å². The fraction of sp³-hybridized carbons (Fsp3) is 0.167. The van der Waals surface area contributed by atoms with Crippen LogP contribution in [0.4, 0.5) is 5.69 Å². The highest BCUT2D eigenvalue weighted by molar-refractivity contribution is 7.92. The van der Waals surface area contributed by atoms with Crippen LogP contribution in [0.2, 0.25) is 0 Å². The molecule has 0 aliphatic heterocycles. The maximum absolute atomic E-state index is 13.8. The van der Waals surface area contributed by atoms with Crippen LogP contribution in [-0.4, -0.2) is 19.9 Å². The minimum absolute atomic E-state index is 0.0930. The van der Waals surface area contributed by atoms with Gasteiger partial charge in [0.15, 0.2) is 0 Å². The van der Waals surface area contributed by atoms with Gasteiger partial charge in [-0.15, -0.1) is 0 Å². The smallest absolute Gasteiger partial charge is 0.264 e. The molecule has 0 aliphatic rings. The van der Waals surface area contributed by atoms with Gasteiger partial charge in [0.05, 0.1) is 22.7 Å². The molecule has 0 heterocycles. The number of carbonyl (C=O) groups excluding carboxylic acids is 1. The van der Waals surface area contributed by atoms with Crippen molar-refractivity contribution in [1.29, 1.82) is 0 Å².